The fourth-order valence-corrected chi connectivity index (χ4v) is 2.12. The smallest absolute Gasteiger partial charge is 0.212 e. The van der Waals surface area contributed by atoms with E-state index in [0.717, 1.165) is 13.0 Å². The molecule has 0 aromatic carbocycles. The first kappa shape index (κ1) is 16.8. The first-order valence-electron chi connectivity index (χ1n) is 6.23. The molecule has 0 heterocycles. The minimum absolute atomic E-state index is 0.122. The van der Waals surface area contributed by atoms with E-state index in [0.29, 0.717) is 32.2 Å². The quantitative estimate of drug-likeness (QED) is 0.537. The second-order valence-electron chi connectivity index (χ2n) is 4.43. The van der Waals surface area contributed by atoms with Crippen molar-refractivity contribution in [2.45, 2.75) is 27.2 Å². The average Bonchev–Trinajstić information content (AvgIpc) is 2.23. The van der Waals surface area contributed by atoms with Crippen LogP contribution in [0.15, 0.2) is 0 Å². The molecular formula is C11H26N2O3S. The summed E-state index contributed by atoms with van der Waals surface area (Å²) in [6.45, 7) is 8.96. The maximum Gasteiger partial charge on any atom is 0.212 e. The van der Waals surface area contributed by atoms with Gasteiger partial charge in [-0.05, 0) is 18.9 Å². The third-order valence-electron chi connectivity index (χ3n) is 1.99. The fourth-order valence-electron chi connectivity index (χ4n) is 1.17. The molecule has 0 unspecified atom stereocenters. The van der Waals surface area contributed by atoms with Crippen LogP contribution in [0.3, 0.4) is 0 Å². The molecule has 0 saturated heterocycles. The van der Waals surface area contributed by atoms with E-state index in [-0.39, 0.29) is 5.75 Å². The first-order valence-corrected chi connectivity index (χ1v) is 7.89. The van der Waals surface area contributed by atoms with E-state index in [1.54, 1.807) is 0 Å². The van der Waals surface area contributed by atoms with Gasteiger partial charge in [0.1, 0.15) is 0 Å². The Bertz CT molecular complexity index is 266. The van der Waals surface area contributed by atoms with Gasteiger partial charge in [0.05, 0.1) is 12.4 Å². The molecule has 104 valence electrons. The monoisotopic (exact) mass is 266 g/mol. The lowest BCUT2D eigenvalue weighted by molar-refractivity contribution is 0.114. The molecule has 0 aromatic rings. The van der Waals surface area contributed by atoms with Crippen molar-refractivity contribution in [1.29, 1.82) is 0 Å². The second kappa shape index (κ2) is 9.82. The van der Waals surface area contributed by atoms with Crippen molar-refractivity contribution in [1.82, 2.24) is 10.0 Å². The van der Waals surface area contributed by atoms with Crippen LogP contribution in [0.25, 0.3) is 0 Å². The molecule has 0 aliphatic heterocycles. The van der Waals surface area contributed by atoms with Crippen molar-refractivity contribution >= 4 is 10.0 Å². The second-order valence-corrected chi connectivity index (χ2v) is 6.36. The molecule has 0 bridgehead atoms. The van der Waals surface area contributed by atoms with E-state index >= 15 is 0 Å². The standard InChI is InChI=1S/C11H26N2O3S/c1-4-5-12-7-9-17(14,15)13-6-8-16-10-11(2)3/h11-13H,4-10H2,1-3H3. The first-order chi connectivity index (χ1) is 7.98. The van der Waals surface area contributed by atoms with E-state index in [2.05, 4.69) is 23.9 Å². The summed E-state index contributed by atoms with van der Waals surface area (Å²) in [5.41, 5.74) is 0. The molecule has 0 aromatic heterocycles. The highest BCUT2D eigenvalue weighted by molar-refractivity contribution is 7.89. The lowest BCUT2D eigenvalue weighted by Crippen LogP contribution is -2.34. The molecule has 0 spiro atoms. The summed E-state index contributed by atoms with van der Waals surface area (Å²) in [6.07, 6.45) is 1.01. The van der Waals surface area contributed by atoms with Gasteiger partial charge in [-0.25, -0.2) is 13.1 Å². The fraction of sp³-hybridized carbons (Fsp3) is 1.00. The Labute approximate surface area is 105 Å². The predicted octanol–water partition coefficient (Wildman–Crippen LogP) is 0.578. The summed E-state index contributed by atoms with van der Waals surface area (Å²) in [6, 6.07) is 0. The SMILES string of the molecule is CCCNCCS(=O)(=O)NCCOCC(C)C. The Morgan fingerprint density at radius 2 is 1.88 bits per heavy atom. The minimum atomic E-state index is -3.16. The van der Waals surface area contributed by atoms with Crippen LogP contribution in [-0.2, 0) is 14.8 Å². The highest BCUT2D eigenvalue weighted by atomic mass is 32.2. The minimum Gasteiger partial charge on any atom is -0.380 e. The van der Waals surface area contributed by atoms with Crippen LogP contribution in [0.2, 0.25) is 0 Å². The van der Waals surface area contributed by atoms with Crippen LogP contribution in [0.1, 0.15) is 27.2 Å². The highest BCUT2D eigenvalue weighted by Crippen LogP contribution is 1.91. The third kappa shape index (κ3) is 12.1. The van der Waals surface area contributed by atoms with Gasteiger partial charge in [-0.1, -0.05) is 20.8 Å². The van der Waals surface area contributed by atoms with Gasteiger partial charge in [0.15, 0.2) is 0 Å². The van der Waals surface area contributed by atoms with Crippen LogP contribution < -0.4 is 10.0 Å². The molecule has 17 heavy (non-hydrogen) atoms. The third-order valence-corrected chi connectivity index (χ3v) is 3.38. The van der Waals surface area contributed by atoms with Crippen molar-refractivity contribution in [3.8, 4) is 0 Å². The summed E-state index contributed by atoms with van der Waals surface area (Å²) >= 11 is 0. The number of ether oxygens (including phenoxy) is 1. The van der Waals surface area contributed by atoms with E-state index in [9.17, 15) is 8.42 Å². The van der Waals surface area contributed by atoms with E-state index in [1.807, 2.05) is 6.92 Å². The van der Waals surface area contributed by atoms with Crippen LogP contribution in [0, 0.1) is 5.92 Å². The molecule has 0 aliphatic carbocycles. The zero-order valence-electron chi connectivity index (χ0n) is 11.2. The molecule has 5 nitrogen and oxygen atoms in total. The molecule has 0 amide bonds. The van der Waals surface area contributed by atoms with Crippen LogP contribution in [0.4, 0.5) is 0 Å². The van der Waals surface area contributed by atoms with E-state index in [1.165, 1.54) is 0 Å². The number of nitrogens with one attached hydrogen (secondary N) is 2. The number of rotatable bonds is 11. The summed E-state index contributed by atoms with van der Waals surface area (Å²) in [4.78, 5) is 0. The normalized spacial score (nSPS) is 12.2. The summed E-state index contributed by atoms with van der Waals surface area (Å²) in [5, 5.41) is 3.06. The summed E-state index contributed by atoms with van der Waals surface area (Å²) < 4.78 is 30.8. The Balaban J connectivity index is 3.51. The maximum absolute atomic E-state index is 11.5. The van der Waals surface area contributed by atoms with Crippen molar-refractivity contribution < 1.29 is 13.2 Å². The lowest BCUT2D eigenvalue weighted by atomic mass is 10.2. The van der Waals surface area contributed by atoms with Crippen LogP contribution >= 0.6 is 0 Å². The molecule has 0 rings (SSSR count). The molecule has 2 N–H and O–H groups in total. The van der Waals surface area contributed by atoms with Crippen LogP contribution in [-0.4, -0.2) is 47.0 Å². The number of hydrogen-bond donors (Lipinski definition) is 2. The van der Waals surface area contributed by atoms with Gasteiger partial charge in [-0.3, -0.25) is 0 Å². The number of sulfonamides is 1. The maximum atomic E-state index is 11.5. The largest absolute Gasteiger partial charge is 0.380 e. The molecular weight excluding hydrogens is 240 g/mol. The van der Waals surface area contributed by atoms with Crippen molar-refractivity contribution in [2.75, 3.05) is 38.6 Å². The Morgan fingerprint density at radius 3 is 2.47 bits per heavy atom. The highest BCUT2D eigenvalue weighted by Gasteiger charge is 2.08. The average molecular weight is 266 g/mol. The Hall–Kier alpha value is -0.170. The van der Waals surface area contributed by atoms with Gasteiger partial charge in [0.25, 0.3) is 0 Å². The summed E-state index contributed by atoms with van der Waals surface area (Å²) in [5.74, 6) is 0.599. The topological polar surface area (TPSA) is 67.4 Å². The molecule has 0 aliphatic rings. The van der Waals surface area contributed by atoms with Gasteiger partial charge < -0.3 is 10.1 Å². The van der Waals surface area contributed by atoms with Gasteiger partial charge in [0.2, 0.25) is 10.0 Å². The Morgan fingerprint density at radius 1 is 1.18 bits per heavy atom. The molecule has 0 radical (unpaired) electrons. The zero-order valence-corrected chi connectivity index (χ0v) is 12.0. The Kier molecular flexibility index (Phi) is 9.72. The lowest BCUT2D eigenvalue weighted by Gasteiger charge is -2.09. The molecule has 0 fully saturated rings. The zero-order chi connectivity index (χ0) is 13.1. The van der Waals surface area contributed by atoms with Crippen molar-refractivity contribution in [2.24, 2.45) is 5.92 Å². The summed E-state index contributed by atoms with van der Waals surface area (Å²) in [7, 11) is -3.16. The van der Waals surface area contributed by atoms with Gasteiger partial charge >= 0.3 is 0 Å². The van der Waals surface area contributed by atoms with Crippen molar-refractivity contribution in [3.63, 3.8) is 0 Å². The number of hydrogen-bond acceptors (Lipinski definition) is 4. The van der Waals surface area contributed by atoms with Gasteiger partial charge in [0, 0.05) is 19.7 Å². The van der Waals surface area contributed by atoms with Crippen molar-refractivity contribution in [3.05, 3.63) is 0 Å². The predicted molar refractivity (Wildman–Crippen MR) is 70.6 cm³/mol. The van der Waals surface area contributed by atoms with Gasteiger partial charge in [-0.2, -0.15) is 0 Å². The van der Waals surface area contributed by atoms with E-state index in [4.69, 9.17) is 4.74 Å². The molecule has 0 saturated carbocycles. The molecule has 6 heteroatoms. The van der Waals surface area contributed by atoms with Crippen LogP contribution in [0.5, 0.6) is 0 Å². The van der Waals surface area contributed by atoms with Gasteiger partial charge in [-0.15, -0.1) is 0 Å². The van der Waals surface area contributed by atoms with E-state index < -0.39 is 10.0 Å². The molecule has 0 atom stereocenters.